The molecule has 2 saturated carbocycles. The molecule has 15 heavy (non-hydrogen) atoms. The lowest BCUT2D eigenvalue weighted by Gasteiger charge is -2.43. The first kappa shape index (κ1) is 11.4. The lowest BCUT2D eigenvalue weighted by molar-refractivity contribution is -0.0970. The van der Waals surface area contributed by atoms with Gasteiger partial charge in [0, 0.05) is 0 Å². The van der Waals surface area contributed by atoms with Crippen LogP contribution in [0.4, 0.5) is 0 Å². The monoisotopic (exact) mass is 214 g/mol. The summed E-state index contributed by atoms with van der Waals surface area (Å²) in [6.07, 6.45) is 6.88. The Hall–Kier alpha value is -0.120. The van der Waals surface area contributed by atoms with E-state index in [1.54, 1.807) is 0 Å². The van der Waals surface area contributed by atoms with Crippen molar-refractivity contribution < 1.29 is 14.9 Å². The van der Waals surface area contributed by atoms with Gasteiger partial charge in [-0.1, -0.05) is 12.8 Å². The van der Waals surface area contributed by atoms with Gasteiger partial charge in [-0.05, 0) is 37.5 Å². The van der Waals surface area contributed by atoms with E-state index < -0.39 is 0 Å². The molecule has 0 aromatic heterocycles. The summed E-state index contributed by atoms with van der Waals surface area (Å²) in [5.74, 6) is 0.991. The minimum absolute atomic E-state index is 0.107. The van der Waals surface area contributed by atoms with Crippen LogP contribution in [0.25, 0.3) is 0 Å². The summed E-state index contributed by atoms with van der Waals surface area (Å²) in [5, 5.41) is 18.7. The Labute approximate surface area is 91.4 Å². The maximum absolute atomic E-state index is 9.94. The molecule has 0 unspecified atom stereocenters. The fourth-order valence-corrected chi connectivity index (χ4v) is 3.30. The minimum Gasteiger partial charge on any atom is -0.394 e. The van der Waals surface area contributed by atoms with Gasteiger partial charge in [-0.2, -0.15) is 0 Å². The first-order valence-corrected chi connectivity index (χ1v) is 6.23. The van der Waals surface area contributed by atoms with Gasteiger partial charge in [0.15, 0.2) is 0 Å². The maximum atomic E-state index is 9.94. The van der Waals surface area contributed by atoms with Gasteiger partial charge in [-0.15, -0.1) is 0 Å². The molecule has 4 atom stereocenters. The highest BCUT2D eigenvalue weighted by Gasteiger charge is 2.40. The molecule has 0 heterocycles. The summed E-state index contributed by atoms with van der Waals surface area (Å²) in [6, 6.07) is 0. The summed E-state index contributed by atoms with van der Waals surface area (Å²) < 4.78 is 5.69. The molecule has 88 valence electrons. The number of hydrogen-bond acceptors (Lipinski definition) is 3. The Morgan fingerprint density at radius 3 is 2.47 bits per heavy atom. The molecule has 0 amide bonds. The van der Waals surface area contributed by atoms with Crippen LogP contribution in [0.2, 0.25) is 0 Å². The maximum Gasteiger partial charge on any atom is 0.0701 e. The number of hydrogen-bond donors (Lipinski definition) is 2. The Kier molecular flexibility index (Phi) is 4.00. The molecule has 0 aromatic carbocycles. The second-order valence-electron chi connectivity index (χ2n) is 4.89. The van der Waals surface area contributed by atoms with Crippen molar-refractivity contribution in [1.82, 2.24) is 0 Å². The highest BCUT2D eigenvalue weighted by Crippen LogP contribution is 2.41. The molecule has 0 aromatic rings. The van der Waals surface area contributed by atoms with Crippen molar-refractivity contribution in [3.8, 4) is 0 Å². The predicted octanol–water partition coefficient (Wildman–Crippen LogP) is 1.32. The molecule has 2 N–H and O–H groups in total. The third-order valence-corrected chi connectivity index (χ3v) is 4.02. The average molecular weight is 214 g/mol. The van der Waals surface area contributed by atoms with Gasteiger partial charge in [0.25, 0.3) is 0 Å². The SMILES string of the molecule is OCCO[C@@H]1CC[C@H](O)[C@H]2CCCC[C@H]21. The van der Waals surface area contributed by atoms with Crippen molar-refractivity contribution in [2.24, 2.45) is 11.8 Å². The van der Waals surface area contributed by atoms with E-state index in [4.69, 9.17) is 9.84 Å². The highest BCUT2D eigenvalue weighted by atomic mass is 16.5. The number of rotatable bonds is 3. The normalized spacial score (nSPS) is 41.2. The molecule has 2 fully saturated rings. The zero-order chi connectivity index (χ0) is 10.7. The number of aliphatic hydroxyl groups excluding tert-OH is 2. The fraction of sp³-hybridized carbons (Fsp3) is 1.00. The summed E-state index contributed by atoms with van der Waals surface area (Å²) in [6.45, 7) is 0.556. The number of ether oxygens (including phenoxy) is 1. The van der Waals surface area contributed by atoms with Crippen LogP contribution >= 0.6 is 0 Å². The third-order valence-electron chi connectivity index (χ3n) is 4.02. The van der Waals surface area contributed by atoms with E-state index in [9.17, 15) is 5.11 Å². The lowest BCUT2D eigenvalue weighted by atomic mass is 9.68. The summed E-state index contributed by atoms with van der Waals surface area (Å²) in [7, 11) is 0. The molecule has 0 radical (unpaired) electrons. The molecule has 0 spiro atoms. The van der Waals surface area contributed by atoms with Gasteiger partial charge in [0.1, 0.15) is 0 Å². The minimum atomic E-state index is -0.107. The van der Waals surface area contributed by atoms with Crippen LogP contribution in [-0.4, -0.2) is 35.6 Å². The Morgan fingerprint density at radius 1 is 1.00 bits per heavy atom. The van der Waals surface area contributed by atoms with Crippen molar-refractivity contribution in [2.75, 3.05) is 13.2 Å². The zero-order valence-electron chi connectivity index (χ0n) is 9.27. The molecule has 0 saturated heterocycles. The Bertz CT molecular complexity index is 193. The van der Waals surface area contributed by atoms with Crippen molar-refractivity contribution in [3.63, 3.8) is 0 Å². The molecule has 0 bridgehead atoms. The standard InChI is InChI=1S/C12H22O3/c13-7-8-15-12-6-5-11(14)9-3-1-2-4-10(9)12/h9-14H,1-8H2/t9-,10+,11-,12+/m0/s1. The van der Waals surface area contributed by atoms with E-state index in [0.717, 1.165) is 19.3 Å². The quantitative estimate of drug-likeness (QED) is 0.745. The molecule has 3 heteroatoms. The van der Waals surface area contributed by atoms with Crippen LogP contribution in [-0.2, 0) is 4.74 Å². The number of fused-ring (bicyclic) bond motifs is 1. The van der Waals surface area contributed by atoms with Gasteiger partial charge in [-0.3, -0.25) is 0 Å². The number of aliphatic hydroxyl groups is 2. The smallest absolute Gasteiger partial charge is 0.0701 e. The van der Waals surface area contributed by atoms with Crippen LogP contribution in [0.15, 0.2) is 0 Å². The first-order valence-electron chi connectivity index (χ1n) is 6.23. The molecule has 3 nitrogen and oxygen atoms in total. The van der Waals surface area contributed by atoms with E-state index in [2.05, 4.69) is 0 Å². The van der Waals surface area contributed by atoms with E-state index in [0.29, 0.717) is 18.4 Å². The van der Waals surface area contributed by atoms with Gasteiger partial charge < -0.3 is 14.9 Å². The Morgan fingerprint density at radius 2 is 1.73 bits per heavy atom. The third kappa shape index (κ3) is 2.52. The topological polar surface area (TPSA) is 49.7 Å². The van der Waals surface area contributed by atoms with E-state index in [1.165, 1.54) is 19.3 Å². The fourth-order valence-electron chi connectivity index (χ4n) is 3.30. The van der Waals surface area contributed by atoms with Gasteiger partial charge in [-0.25, -0.2) is 0 Å². The molecular formula is C12H22O3. The van der Waals surface area contributed by atoms with Crippen molar-refractivity contribution in [3.05, 3.63) is 0 Å². The average Bonchev–Trinajstić information content (AvgIpc) is 2.29. The predicted molar refractivity (Wildman–Crippen MR) is 57.5 cm³/mol. The molecule has 2 aliphatic carbocycles. The van der Waals surface area contributed by atoms with Crippen LogP contribution < -0.4 is 0 Å². The molecular weight excluding hydrogens is 192 g/mol. The zero-order valence-corrected chi connectivity index (χ0v) is 9.27. The van der Waals surface area contributed by atoms with Crippen molar-refractivity contribution in [2.45, 2.75) is 50.7 Å². The van der Waals surface area contributed by atoms with E-state index in [-0.39, 0.29) is 18.8 Å². The largest absolute Gasteiger partial charge is 0.394 e. The first-order chi connectivity index (χ1) is 7.33. The van der Waals surface area contributed by atoms with E-state index in [1.807, 2.05) is 0 Å². The van der Waals surface area contributed by atoms with Gasteiger partial charge >= 0.3 is 0 Å². The second kappa shape index (κ2) is 5.28. The lowest BCUT2D eigenvalue weighted by Crippen LogP contribution is -2.44. The van der Waals surface area contributed by atoms with Crippen LogP contribution in [0, 0.1) is 11.8 Å². The molecule has 2 aliphatic rings. The highest BCUT2D eigenvalue weighted by molar-refractivity contribution is 4.90. The summed E-state index contributed by atoms with van der Waals surface area (Å²) in [5.41, 5.74) is 0. The van der Waals surface area contributed by atoms with Crippen LogP contribution in [0.1, 0.15) is 38.5 Å². The van der Waals surface area contributed by atoms with Crippen molar-refractivity contribution >= 4 is 0 Å². The van der Waals surface area contributed by atoms with Crippen LogP contribution in [0.5, 0.6) is 0 Å². The molecule has 2 rings (SSSR count). The van der Waals surface area contributed by atoms with Gasteiger partial charge in [0.05, 0.1) is 25.4 Å². The van der Waals surface area contributed by atoms with Crippen LogP contribution in [0.3, 0.4) is 0 Å². The summed E-state index contributed by atoms with van der Waals surface area (Å²) >= 11 is 0. The van der Waals surface area contributed by atoms with E-state index >= 15 is 0 Å². The van der Waals surface area contributed by atoms with Crippen molar-refractivity contribution in [1.29, 1.82) is 0 Å². The molecule has 0 aliphatic heterocycles. The van der Waals surface area contributed by atoms with Gasteiger partial charge in [0.2, 0.25) is 0 Å². The second-order valence-corrected chi connectivity index (χ2v) is 4.89. The Balaban J connectivity index is 1.94. The summed E-state index contributed by atoms with van der Waals surface area (Å²) in [4.78, 5) is 0.